The van der Waals surface area contributed by atoms with Gasteiger partial charge in [-0.1, -0.05) is 0 Å². The van der Waals surface area contributed by atoms with Gasteiger partial charge in [-0.3, -0.25) is 9.78 Å². The van der Waals surface area contributed by atoms with Crippen LogP contribution in [0.1, 0.15) is 40.6 Å². The third-order valence-corrected chi connectivity index (χ3v) is 8.36. The van der Waals surface area contributed by atoms with Gasteiger partial charge in [0.25, 0.3) is 5.91 Å². The van der Waals surface area contributed by atoms with E-state index in [1.54, 1.807) is 24.0 Å². The zero-order chi connectivity index (χ0) is 30.3. The number of hydrogen-bond donors (Lipinski definition) is 1. The van der Waals surface area contributed by atoms with Crippen LogP contribution in [0.2, 0.25) is 0 Å². The van der Waals surface area contributed by atoms with Crippen LogP contribution in [0.3, 0.4) is 0 Å². The molecule has 0 spiro atoms. The van der Waals surface area contributed by atoms with Crippen molar-refractivity contribution in [1.29, 1.82) is 0 Å². The van der Waals surface area contributed by atoms with Crippen molar-refractivity contribution in [2.75, 3.05) is 43.9 Å². The Labute approximate surface area is 248 Å². The van der Waals surface area contributed by atoms with Gasteiger partial charge in [0.15, 0.2) is 0 Å². The molecule has 9 nitrogen and oxygen atoms in total. The predicted octanol–water partition coefficient (Wildman–Crippen LogP) is 5.39. The maximum Gasteiger partial charge on any atom is 0.419 e. The van der Waals surface area contributed by atoms with Crippen molar-refractivity contribution in [1.82, 2.24) is 29.4 Å². The number of amides is 1. The van der Waals surface area contributed by atoms with Crippen molar-refractivity contribution in [3.8, 4) is 11.3 Å². The largest absolute Gasteiger partial charge is 0.419 e. The standard InChI is InChI=1S/C29H28F4N8OS/c1-39(2)9-10-41-14-23(18-3-4-22(30)21(11-18)29(31,32)33)37-26(41)17-5-7-40(8-6-17)27-24-20(12-19-13-34-16-43-19)28(42)38-25(24)35-15-36-27/h3-4,11-17H,5-10H2,1-2H3,(H,35,36,38,42)/b20-12-. The number of halogens is 4. The molecule has 0 bridgehead atoms. The minimum atomic E-state index is -4.81. The van der Waals surface area contributed by atoms with Crippen LogP contribution >= 0.6 is 11.3 Å². The van der Waals surface area contributed by atoms with Gasteiger partial charge in [-0.25, -0.2) is 19.3 Å². The van der Waals surface area contributed by atoms with Crippen molar-refractivity contribution in [2.24, 2.45) is 0 Å². The Bertz CT molecular complexity index is 1670. The van der Waals surface area contributed by atoms with Crippen molar-refractivity contribution >= 4 is 40.5 Å². The molecule has 14 heteroatoms. The zero-order valence-electron chi connectivity index (χ0n) is 23.4. The van der Waals surface area contributed by atoms with E-state index in [9.17, 15) is 22.4 Å². The topological polar surface area (TPSA) is 92.1 Å². The van der Waals surface area contributed by atoms with Gasteiger partial charge in [0.05, 0.1) is 27.9 Å². The van der Waals surface area contributed by atoms with E-state index in [4.69, 9.17) is 4.98 Å². The number of carbonyl (C=O) groups is 1. The fraction of sp³-hybridized carbons (Fsp3) is 0.345. The van der Waals surface area contributed by atoms with Gasteiger partial charge >= 0.3 is 6.18 Å². The molecule has 0 atom stereocenters. The monoisotopic (exact) mass is 612 g/mol. The summed E-state index contributed by atoms with van der Waals surface area (Å²) in [4.78, 5) is 35.5. The van der Waals surface area contributed by atoms with Crippen molar-refractivity contribution in [3.63, 3.8) is 0 Å². The lowest BCUT2D eigenvalue weighted by Gasteiger charge is -2.33. The molecule has 0 unspecified atom stereocenters. The summed E-state index contributed by atoms with van der Waals surface area (Å²) >= 11 is 1.43. The Hall–Kier alpha value is -4.17. The quantitative estimate of drug-likeness (QED) is 0.221. The Kier molecular flexibility index (Phi) is 7.73. The molecule has 2 aliphatic rings. The van der Waals surface area contributed by atoms with Crippen molar-refractivity contribution in [2.45, 2.75) is 31.5 Å². The first-order valence-electron chi connectivity index (χ1n) is 13.7. The fourth-order valence-electron chi connectivity index (χ4n) is 5.46. The molecule has 1 aromatic carbocycles. The number of likely N-dealkylation sites (N-methyl/N-ethyl adjacent to an activating group) is 1. The molecular weight excluding hydrogens is 584 g/mol. The first-order valence-corrected chi connectivity index (χ1v) is 14.6. The highest BCUT2D eigenvalue weighted by atomic mass is 32.1. The summed E-state index contributed by atoms with van der Waals surface area (Å²) in [6.45, 7) is 2.56. The summed E-state index contributed by atoms with van der Waals surface area (Å²) in [6, 6.07) is 2.99. The van der Waals surface area contributed by atoms with E-state index >= 15 is 0 Å². The Morgan fingerprint density at radius 2 is 1.98 bits per heavy atom. The van der Waals surface area contributed by atoms with Crippen molar-refractivity contribution < 1.29 is 22.4 Å². The molecule has 5 heterocycles. The molecule has 4 aromatic rings. The average molecular weight is 613 g/mol. The smallest absolute Gasteiger partial charge is 0.356 e. The number of nitrogens with one attached hydrogen (secondary N) is 1. The van der Waals surface area contributed by atoms with E-state index in [0.29, 0.717) is 67.5 Å². The van der Waals surface area contributed by atoms with Crippen LogP contribution in [0.15, 0.2) is 42.4 Å². The van der Waals surface area contributed by atoms with E-state index in [1.165, 1.54) is 23.7 Å². The van der Waals surface area contributed by atoms with Gasteiger partial charge in [0.2, 0.25) is 0 Å². The molecule has 1 fully saturated rings. The maximum atomic E-state index is 14.0. The van der Waals surface area contributed by atoms with Gasteiger partial charge in [-0.15, -0.1) is 11.3 Å². The van der Waals surface area contributed by atoms with Crippen molar-refractivity contribution in [3.05, 3.63) is 70.1 Å². The lowest BCUT2D eigenvalue weighted by Crippen LogP contribution is -2.35. The molecule has 0 saturated carbocycles. The molecule has 3 aromatic heterocycles. The van der Waals surface area contributed by atoms with E-state index in [1.807, 2.05) is 23.6 Å². The molecule has 6 rings (SSSR count). The van der Waals surface area contributed by atoms with E-state index in [-0.39, 0.29) is 17.4 Å². The molecule has 1 amide bonds. The van der Waals surface area contributed by atoms with Gasteiger partial charge < -0.3 is 19.7 Å². The second kappa shape index (κ2) is 11.5. The number of thiazole rings is 1. The number of nitrogens with zero attached hydrogens (tertiary/aromatic N) is 7. The summed E-state index contributed by atoms with van der Waals surface area (Å²) in [5.74, 6) is 0.398. The van der Waals surface area contributed by atoms with Gasteiger partial charge in [0, 0.05) is 54.9 Å². The number of alkyl halides is 3. The van der Waals surface area contributed by atoms with Crippen LogP contribution in [0.5, 0.6) is 0 Å². The van der Waals surface area contributed by atoms with Crippen LogP contribution < -0.4 is 10.2 Å². The first-order chi connectivity index (χ1) is 20.6. The lowest BCUT2D eigenvalue weighted by molar-refractivity contribution is -0.139. The fourth-order valence-corrected chi connectivity index (χ4v) is 6.01. The van der Waals surface area contributed by atoms with Crippen LogP contribution in [-0.4, -0.2) is 69.0 Å². The third kappa shape index (κ3) is 5.89. The Morgan fingerprint density at radius 3 is 2.67 bits per heavy atom. The molecule has 43 heavy (non-hydrogen) atoms. The third-order valence-electron chi connectivity index (χ3n) is 7.63. The summed E-state index contributed by atoms with van der Waals surface area (Å²) in [5.41, 5.74) is 2.12. The zero-order valence-corrected chi connectivity index (χ0v) is 24.2. The molecule has 2 aliphatic heterocycles. The Balaban J connectivity index is 1.27. The van der Waals surface area contributed by atoms with E-state index in [2.05, 4.69) is 25.2 Å². The molecular formula is C29H28F4N8OS. The Morgan fingerprint density at radius 1 is 1.19 bits per heavy atom. The number of hydrogen-bond acceptors (Lipinski definition) is 8. The van der Waals surface area contributed by atoms with E-state index < -0.39 is 17.6 Å². The van der Waals surface area contributed by atoms with Gasteiger partial charge in [-0.2, -0.15) is 13.2 Å². The highest BCUT2D eigenvalue weighted by molar-refractivity contribution is 7.10. The van der Waals surface area contributed by atoms with Gasteiger partial charge in [0.1, 0.15) is 29.6 Å². The summed E-state index contributed by atoms with van der Waals surface area (Å²) in [5, 5.41) is 2.83. The minimum absolute atomic E-state index is 0.0385. The second-order valence-electron chi connectivity index (χ2n) is 10.8. The predicted molar refractivity (Wildman–Crippen MR) is 156 cm³/mol. The average Bonchev–Trinajstić information content (AvgIpc) is 3.71. The molecule has 0 radical (unpaired) electrons. The second-order valence-corrected chi connectivity index (χ2v) is 11.7. The number of aromatic nitrogens is 5. The molecule has 0 aliphatic carbocycles. The number of rotatable bonds is 7. The molecule has 224 valence electrons. The van der Waals surface area contributed by atoms with Gasteiger partial charge in [-0.05, 0) is 51.2 Å². The normalized spacial score (nSPS) is 16.8. The summed E-state index contributed by atoms with van der Waals surface area (Å²) < 4.78 is 56.2. The first kappa shape index (κ1) is 28.9. The number of benzene rings is 1. The van der Waals surface area contributed by atoms with E-state index in [0.717, 1.165) is 22.8 Å². The minimum Gasteiger partial charge on any atom is -0.356 e. The van der Waals surface area contributed by atoms with Crippen LogP contribution in [0, 0.1) is 5.82 Å². The maximum absolute atomic E-state index is 14.0. The number of piperidine rings is 1. The summed E-state index contributed by atoms with van der Waals surface area (Å²) in [6.07, 6.45) is 3.30. The number of carbonyl (C=O) groups excluding carboxylic acids is 1. The number of imidazole rings is 1. The number of fused-ring (bicyclic) bond motifs is 1. The number of anilines is 2. The van der Waals surface area contributed by atoms with Crippen LogP contribution in [0.25, 0.3) is 22.9 Å². The molecule has 1 N–H and O–H groups in total. The van der Waals surface area contributed by atoms with Crippen LogP contribution in [-0.2, 0) is 17.5 Å². The lowest BCUT2D eigenvalue weighted by atomic mass is 9.95. The highest BCUT2D eigenvalue weighted by Crippen LogP contribution is 2.40. The SMILES string of the molecule is CN(C)CCn1cc(-c2ccc(F)c(C(F)(F)F)c2)nc1C1CCN(c2ncnc3c2/C(=C/c2cncs2)C(=O)N3)CC1. The molecule has 1 saturated heterocycles. The van der Waals surface area contributed by atoms with Crippen LogP contribution in [0.4, 0.5) is 29.2 Å². The highest BCUT2D eigenvalue weighted by Gasteiger charge is 2.36. The summed E-state index contributed by atoms with van der Waals surface area (Å²) in [7, 11) is 3.89.